The maximum Gasteiger partial charge on any atom is 0.416 e. The molecule has 3 heterocycles. The van der Waals surface area contributed by atoms with E-state index in [9.17, 15) is 18.0 Å². The lowest BCUT2D eigenvalue weighted by Crippen LogP contribution is -2.55. The molecule has 0 bridgehead atoms. The molecular weight excluding hydrogens is 449 g/mol. The maximum atomic E-state index is 13.6. The number of amides is 1. The summed E-state index contributed by atoms with van der Waals surface area (Å²) in [5.74, 6) is -0.0847. The monoisotopic (exact) mass is 472 g/mol. The highest BCUT2D eigenvalue weighted by atomic mass is 19.4. The third kappa shape index (κ3) is 3.76. The first-order valence-corrected chi connectivity index (χ1v) is 10.5. The number of hydrogen-bond donors (Lipinski definition) is 1. The molecule has 0 aliphatic carbocycles. The van der Waals surface area contributed by atoms with Crippen LogP contribution in [0.5, 0.6) is 5.75 Å². The first-order chi connectivity index (χ1) is 15.9. The zero-order chi connectivity index (χ0) is 24.9. The average Bonchev–Trinajstić information content (AvgIpc) is 3.00. The number of carbonyl (C=O) groups is 1. The van der Waals surface area contributed by atoms with Crippen LogP contribution in [0, 0.1) is 11.3 Å². The van der Waals surface area contributed by atoms with Crippen molar-refractivity contribution in [2.24, 2.45) is 10.7 Å². The van der Waals surface area contributed by atoms with Gasteiger partial charge in [0, 0.05) is 31.2 Å². The molecule has 0 aromatic heterocycles. The number of fused-ring (bicyclic) bond motifs is 2. The van der Waals surface area contributed by atoms with E-state index in [1.807, 2.05) is 0 Å². The van der Waals surface area contributed by atoms with Gasteiger partial charge in [0.25, 0.3) is 5.91 Å². The van der Waals surface area contributed by atoms with Crippen molar-refractivity contribution in [2.75, 3.05) is 20.3 Å². The van der Waals surface area contributed by atoms with E-state index >= 15 is 0 Å². The molecule has 2 spiro atoms. The van der Waals surface area contributed by atoms with E-state index in [4.69, 9.17) is 20.5 Å². The third-order valence-electron chi connectivity index (χ3n) is 6.36. The number of guanidine groups is 1. The minimum Gasteiger partial charge on any atom is -0.484 e. The zero-order valence-corrected chi connectivity index (χ0v) is 18.5. The molecule has 4 rings (SSSR count). The number of nitrogens with zero attached hydrogens (tertiary/aromatic N) is 3. The predicted molar refractivity (Wildman–Crippen MR) is 118 cm³/mol. The lowest BCUT2D eigenvalue weighted by atomic mass is 9.73. The molecule has 7 nitrogen and oxygen atoms in total. The Morgan fingerprint density at radius 2 is 2.12 bits per heavy atom. The molecule has 3 aliphatic heterocycles. The van der Waals surface area contributed by atoms with Gasteiger partial charge in [0.1, 0.15) is 11.4 Å². The van der Waals surface area contributed by atoms with Crippen molar-refractivity contribution in [1.82, 2.24) is 4.90 Å². The Balaban J connectivity index is 1.92. The Labute approximate surface area is 194 Å². The second-order valence-corrected chi connectivity index (χ2v) is 8.69. The number of alkyl halides is 3. The van der Waals surface area contributed by atoms with E-state index in [-0.39, 0.29) is 35.7 Å². The minimum absolute atomic E-state index is 0.00320. The predicted octanol–water partition coefficient (Wildman–Crippen LogP) is 3.58. The number of halogens is 3. The number of aliphatic imine (C=N–C) groups is 1. The first kappa shape index (κ1) is 23.6. The van der Waals surface area contributed by atoms with Gasteiger partial charge < -0.3 is 15.2 Å². The molecule has 10 heteroatoms. The highest BCUT2D eigenvalue weighted by Gasteiger charge is 2.58. The highest BCUT2D eigenvalue weighted by Crippen LogP contribution is 2.52. The van der Waals surface area contributed by atoms with E-state index in [2.05, 4.69) is 18.2 Å². The summed E-state index contributed by atoms with van der Waals surface area (Å²) in [5.41, 5.74) is 2.42. The van der Waals surface area contributed by atoms with E-state index < -0.39 is 28.8 Å². The number of ether oxygens (including phenoxy) is 2. The minimum atomic E-state index is -4.75. The molecule has 2 atom stereocenters. The van der Waals surface area contributed by atoms with Crippen LogP contribution in [0.4, 0.5) is 13.2 Å². The smallest absolute Gasteiger partial charge is 0.416 e. The number of rotatable bonds is 3. The molecule has 34 heavy (non-hydrogen) atoms. The number of hydrogen-bond acceptors (Lipinski definition) is 6. The normalized spacial score (nSPS) is 26.7. The fourth-order valence-corrected chi connectivity index (χ4v) is 4.68. The summed E-state index contributed by atoms with van der Waals surface area (Å²) in [6, 6.07) is 6.08. The van der Waals surface area contributed by atoms with Crippen molar-refractivity contribution in [3.63, 3.8) is 0 Å². The van der Waals surface area contributed by atoms with Crippen molar-refractivity contribution >= 4 is 17.4 Å². The average molecular weight is 472 g/mol. The SMILES string of the molecule is C=C(C#N)C=C(C(=C)C(F)(F)F)c1ccc2c(c1)C1(CC3(CCCOC3)O2)N=C(N)N(C)C1=O. The topological polar surface area (TPSA) is 101 Å². The van der Waals surface area contributed by atoms with Gasteiger partial charge in [-0.05, 0) is 42.2 Å². The molecule has 0 saturated carbocycles. The van der Waals surface area contributed by atoms with Crippen LogP contribution >= 0.6 is 0 Å². The number of nitriles is 1. The van der Waals surface area contributed by atoms with Crippen LogP contribution < -0.4 is 10.5 Å². The van der Waals surface area contributed by atoms with E-state index in [0.29, 0.717) is 24.3 Å². The standard InChI is InChI=1S/C24H23F3N4O3/c1-14(11-28)9-17(15(2)24(25,26)27)16-5-6-19-18(10-16)23(20(32)31(3)21(29)30-23)12-22(34-19)7-4-8-33-13-22/h5-6,9-10H,1-2,4,7-8,12-13H2,3H3,(H2,29,30). The summed E-state index contributed by atoms with van der Waals surface area (Å²) >= 11 is 0. The molecule has 2 N–H and O–H groups in total. The maximum absolute atomic E-state index is 13.6. The molecular formula is C24H23F3N4O3. The molecule has 3 aliphatic rings. The fraction of sp³-hybridized carbons (Fsp3) is 0.375. The van der Waals surface area contributed by atoms with Crippen LogP contribution in [0.25, 0.3) is 5.57 Å². The largest absolute Gasteiger partial charge is 0.484 e. The number of likely N-dealkylation sites (N-methyl/N-ethyl adjacent to an activating group) is 1. The van der Waals surface area contributed by atoms with Crippen molar-refractivity contribution in [3.8, 4) is 11.8 Å². The van der Waals surface area contributed by atoms with Crippen molar-refractivity contribution in [1.29, 1.82) is 5.26 Å². The van der Waals surface area contributed by atoms with Crippen molar-refractivity contribution in [3.05, 3.63) is 59.7 Å². The summed E-state index contributed by atoms with van der Waals surface area (Å²) in [4.78, 5) is 19.2. The third-order valence-corrected chi connectivity index (χ3v) is 6.36. The first-order valence-electron chi connectivity index (χ1n) is 10.5. The van der Waals surface area contributed by atoms with E-state index in [0.717, 1.165) is 12.5 Å². The van der Waals surface area contributed by atoms with Gasteiger partial charge in [0.05, 0.1) is 18.2 Å². The van der Waals surface area contributed by atoms with Gasteiger partial charge >= 0.3 is 6.18 Å². The number of carbonyl (C=O) groups excluding carboxylic acids is 1. The lowest BCUT2D eigenvalue weighted by molar-refractivity contribution is -0.139. The molecule has 1 fully saturated rings. The lowest BCUT2D eigenvalue weighted by Gasteiger charge is -2.46. The Kier molecular flexibility index (Phi) is 5.56. The summed E-state index contributed by atoms with van der Waals surface area (Å²) in [6.07, 6.45) is -2.25. The Bertz CT molecular complexity index is 1190. The summed E-state index contributed by atoms with van der Waals surface area (Å²) < 4.78 is 52.7. The summed E-state index contributed by atoms with van der Waals surface area (Å²) in [6.45, 7) is 7.47. The second kappa shape index (κ2) is 8.02. The molecule has 1 aromatic rings. The molecule has 1 amide bonds. The molecule has 1 saturated heterocycles. The van der Waals surface area contributed by atoms with Gasteiger partial charge in [0.2, 0.25) is 0 Å². The van der Waals surface area contributed by atoms with Crippen LogP contribution in [0.2, 0.25) is 0 Å². The summed E-state index contributed by atoms with van der Waals surface area (Å²) in [5, 5.41) is 9.09. The van der Waals surface area contributed by atoms with Crippen molar-refractivity contribution in [2.45, 2.75) is 36.6 Å². The fourth-order valence-electron chi connectivity index (χ4n) is 4.68. The summed E-state index contributed by atoms with van der Waals surface area (Å²) in [7, 11) is 1.49. The number of benzene rings is 1. The van der Waals surface area contributed by atoms with Crippen LogP contribution in [0.1, 0.15) is 30.4 Å². The molecule has 2 unspecified atom stereocenters. The second-order valence-electron chi connectivity index (χ2n) is 8.69. The van der Waals surface area contributed by atoms with Gasteiger partial charge in [-0.15, -0.1) is 0 Å². The van der Waals surface area contributed by atoms with Crippen LogP contribution in [0.15, 0.2) is 53.6 Å². The number of nitrogens with two attached hydrogens (primary N) is 1. The van der Waals surface area contributed by atoms with E-state index in [1.165, 1.54) is 30.1 Å². The molecule has 0 radical (unpaired) electrons. The van der Waals surface area contributed by atoms with Gasteiger partial charge in [0.15, 0.2) is 11.5 Å². The van der Waals surface area contributed by atoms with Crippen LogP contribution in [0.3, 0.4) is 0 Å². The van der Waals surface area contributed by atoms with Gasteiger partial charge in [-0.3, -0.25) is 9.69 Å². The quantitative estimate of drug-likeness (QED) is 0.535. The van der Waals surface area contributed by atoms with E-state index in [1.54, 1.807) is 6.07 Å². The Morgan fingerprint density at radius 1 is 1.38 bits per heavy atom. The van der Waals surface area contributed by atoms with Crippen molar-refractivity contribution < 1.29 is 27.4 Å². The number of allylic oxidation sites excluding steroid dienone is 4. The molecule has 178 valence electrons. The van der Waals surface area contributed by atoms with Crippen LogP contribution in [-0.4, -0.2) is 48.8 Å². The molecule has 1 aromatic carbocycles. The van der Waals surface area contributed by atoms with Gasteiger partial charge in [-0.25, -0.2) is 4.99 Å². The Hall–Kier alpha value is -3.58. The Morgan fingerprint density at radius 3 is 2.68 bits per heavy atom. The zero-order valence-electron chi connectivity index (χ0n) is 18.5. The van der Waals surface area contributed by atoms with Gasteiger partial charge in [-0.2, -0.15) is 18.4 Å². The van der Waals surface area contributed by atoms with Gasteiger partial charge in [-0.1, -0.05) is 19.2 Å². The van der Waals surface area contributed by atoms with Crippen LogP contribution in [-0.2, 0) is 15.1 Å². The highest BCUT2D eigenvalue weighted by molar-refractivity contribution is 6.07.